The van der Waals surface area contributed by atoms with Crippen LogP contribution >= 0.6 is 11.6 Å². The van der Waals surface area contributed by atoms with Crippen molar-refractivity contribution in [2.45, 2.75) is 38.9 Å². The molecule has 4 heteroatoms. The molecule has 17 heavy (non-hydrogen) atoms. The zero-order valence-corrected chi connectivity index (χ0v) is 10.7. The molecule has 0 bridgehead atoms. The van der Waals surface area contributed by atoms with E-state index >= 15 is 0 Å². The summed E-state index contributed by atoms with van der Waals surface area (Å²) in [4.78, 5) is 0. The Balaban J connectivity index is 2.57. The van der Waals surface area contributed by atoms with Crippen LogP contribution in [0.25, 0.3) is 0 Å². The molecule has 1 aromatic carbocycles. The molecule has 0 amide bonds. The first kappa shape index (κ1) is 13.8. The van der Waals surface area contributed by atoms with Gasteiger partial charge in [-0.15, -0.1) is 0 Å². The third kappa shape index (κ3) is 4.64. The molecule has 92 valence electrons. The normalized spacial score (nSPS) is 13.8. The fourth-order valence-corrected chi connectivity index (χ4v) is 1.64. The van der Waals surface area contributed by atoms with Crippen molar-refractivity contribution in [2.75, 3.05) is 0 Å². The number of hydrogen-bond donors (Lipinski definition) is 1. The van der Waals surface area contributed by atoms with Crippen LogP contribution in [-0.4, -0.2) is 17.3 Å². The minimum absolute atomic E-state index is 0.00797. The van der Waals surface area contributed by atoms with Gasteiger partial charge in [0.05, 0.1) is 22.8 Å². The molecule has 0 spiro atoms. The number of aliphatic hydroxyl groups excluding tert-OH is 1. The molecule has 1 aromatic rings. The lowest BCUT2D eigenvalue weighted by molar-refractivity contribution is 0.145. The molecule has 0 aliphatic carbocycles. The van der Waals surface area contributed by atoms with E-state index in [0.717, 1.165) is 6.42 Å². The molecule has 2 atom stereocenters. The van der Waals surface area contributed by atoms with Crippen molar-refractivity contribution in [1.29, 1.82) is 5.26 Å². The molecule has 0 saturated heterocycles. The summed E-state index contributed by atoms with van der Waals surface area (Å²) in [6.45, 7) is 3.69. The van der Waals surface area contributed by atoms with Crippen LogP contribution in [-0.2, 0) is 0 Å². The summed E-state index contributed by atoms with van der Waals surface area (Å²) in [7, 11) is 0. The van der Waals surface area contributed by atoms with Crippen LogP contribution in [0.2, 0.25) is 5.02 Å². The zero-order valence-electron chi connectivity index (χ0n) is 9.98. The quantitative estimate of drug-likeness (QED) is 0.877. The molecular formula is C13H16ClNO2. The number of rotatable bonds is 5. The maximum Gasteiger partial charge on any atom is 0.121 e. The van der Waals surface area contributed by atoms with E-state index in [0.29, 0.717) is 22.8 Å². The Hall–Kier alpha value is -1.24. The number of ether oxygens (including phenoxy) is 1. The molecule has 0 fully saturated rings. The number of hydrogen-bond acceptors (Lipinski definition) is 3. The molecule has 3 nitrogen and oxygen atoms in total. The molecule has 0 aromatic heterocycles. The topological polar surface area (TPSA) is 53.2 Å². The van der Waals surface area contributed by atoms with Gasteiger partial charge in [-0.1, -0.05) is 11.6 Å². The first-order valence-electron chi connectivity index (χ1n) is 5.57. The number of halogens is 1. The first-order chi connectivity index (χ1) is 8.02. The highest BCUT2D eigenvalue weighted by Crippen LogP contribution is 2.23. The Bertz CT molecular complexity index is 412. The summed E-state index contributed by atoms with van der Waals surface area (Å²) in [5.41, 5.74) is 0.440. The first-order valence-corrected chi connectivity index (χ1v) is 5.95. The van der Waals surface area contributed by atoms with E-state index in [1.165, 1.54) is 0 Å². The monoisotopic (exact) mass is 253 g/mol. The fraction of sp³-hybridized carbons (Fsp3) is 0.462. The summed E-state index contributed by atoms with van der Waals surface area (Å²) in [5.74, 6) is 0.645. The van der Waals surface area contributed by atoms with Crippen LogP contribution in [0, 0.1) is 11.3 Å². The molecule has 0 saturated carbocycles. The largest absolute Gasteiger partial charge is 0.491 e. The summed E-state index contributed by atoms with van der Waals surface area (Å²) in [6, 6.07) is 7.00. The lowest BCUT2D eigenvalue weighted by atomic mass is 10.1. The molecule has 0 aliphatic rings. The van der Waals surface area contributed by atoms with Crippen LogP contribution in [0.3, 0.4) is 0 Å². The Morgan fingerprint density at radius 3 is 2.65 bits per heavy atom. The summed E-state index contributed by atoms with van der Waals surface area (Å²) < 4.78 is 5.64. The average molecular weight is 254 g/mol. The van der Waals surface area contributed by atoms with Crippen LogP contribution in [0.15, 0.2) is 18.2 Å². The van der Waals surface area contributed by atoms with Crippen molar-refractivity contribution >= 4 is 11.6 Å². The minimum Gasteiger partial charge on any atom is -0.491 e. The second-order valence-electron chi connectivity index (χ2n) is 4.11. The van der Waals surface area contributed by atoms with Gasteiger partial charge in [0, 0.05) is 6.07 Å². The second-order valence-corrected chi connectivity index (χ2v) is 4.52. The lowest BCUT2D eigenvalue weighted by Crippen LogP contribution is -2.14. The molecule has 0 heterocycles. The van der Waals surface area contributed by atoms with Gasteiger partial charge in [-0.3, -0.25) is 0 Å². The van der Waals surface area contributed by atoms with Crippen molar-refractivity contribution < 1.29 is 9.84 Å². The minimum atomic E-state index is -0.314. The zero-order chi connectivity index (χ0) is 12.8. The number of nitriles is 1. The maximum absolute atomic E-state index is 9.17. The van der Waals surface area contributed by atoms with Gasteiger partial charge in [0.1, 0.15) is 11.8 Å². The second kappa shape index (κ2) is 6.48. The molecule has 0 unspecified atom stereocenters. The van der Waals surface area contributed by atoms with E-state index in [4.69, 9.17) is 26.7 Å². The van der Waals surface area contributed by atoms with Gasteiger partial charge in [0.15, 0.2) is 0 Å². The lowest BCUT2D eigenvalue weighted by Gasteiger charge is -2.15. The van der Waals surface area contributed by atoms with Gasteiger partial charge in [-0.05, 0) is 38.8 Å². The smallest absolute Gasteiger partial charge is 0.121 e. The van der Waals surface area contributed by atoms with Crippen LogP contribution in [0.1, 0.15) is 32.3 Å². The molecular weight excluding hydrogens is 238 g/mol. The van der Waals surface area contributed by atoms with E-state index in [9.17, 15) is 0 Å². The molecule has 1 rings (SSSR count). The SMILES string of the molecule is C[C@H](CC[C@@H](C)O)Oc1ccc(C#N)c(Cl)c1. The Morgan fingerprint density at radius 2 is 2.12 bits per heavy atom. The van der Waals surface area contributed by atoms with Gasteiger partial charge in [0.2, 0.25) is 0 Å². The summed E-state index contributed by atoms with van der Waals surface area (Å²) in [6.07, 6.45) is 1.17. The third-order valence-electron chi connectivity index (χ3n) is 2.39. The molecule has 0 radical (unpaired) electrons. The van der Waals surface area contributed by atoms with E-state index < -0.39 is 0 Å². The van der Waals surface area contributed by atoms with Crippen molar-refractivity contribution in [3.05, 3.63) is 28.8 Å². The number of nitrogens with zero attached hydrogens (tertiary/aromatic N) is 1. The van der Waals surface area contributed by atoms with Crippen LogP contribution in [0.4, 0.5) is 0 Å². The predicted octanol–water partition coefficient (Wildman–Crippen LogP) is 3.14. The summed E-state index contributed by atoms with van der Waals surface area (Å²) >= 11 is 5.90. The van der Waals surface area contributed by atoms with E-state index in [1.807, 2.05) is 13.0 Å². The highest BCUT2D eigenvalue weighted by atomic mass is 35.5. The van der Waals surface area contributed by atoms with Crippen molar-refractivity contribution in [3.8, 4) is 11.8 Å². The highest BCUT2D eigenvalue weighted by Gasteiger charge is 2.08. The maximum atomic E-state index is 9.17. The average Bonchev–Trinajstić information content (AvgIpc) is 2.26. The summed E-state index contributed by atoms with van der Waals surface area (Å²) in [5, 5.41) is 18.3. The highest BCUT2D eigenvalue weighted by molar-refractivity contribution is 6.31. The van der Waals surface area contributed by atoms with Gasteiger partial charge >= 0.3 is 0 Å². The molecule has 0 aliphatic heterocycles. The Kier molecular flexibility index (Phi) is 5.27. The number of benzene rings is 1. The van der Waals surface area contributed by atoms with Gasteiger partial charge in [-0.2, -0.15) is 5.26 Å². The number of aliphatic hydroxyl groups is 1. The van der Waals surface area contributed by atoms with Crippen LogP contribution < -0.4 is 4.74 Å². The van der Waals surface area contributed by atoms with Gasteiger partial charge in [-0.25, -0.2) is 0 Å². The van der Waals surface area contributed by atoms with E-state index in [1.54, 1.807) is 25.1 Å². The predicted molar refractivity (Wildman–Crippen MR) is 67.2 cm³/mol. The van der Waals surface area contributed by atoms with Crippen LogP contribution in [0.5, 0.6) is 5.75 Å². The van der Waals surface area contributed by atoms with Gasteiger partial charge < -0.3 is 9.84 Å². The van der Waals surface area contributed by atoms with Crippen molar-refractivity contribution in [3.63, 3.8) is 0 Å². The van der Waals surface area contributed by atoms with Crippen molar-refractivity contribution in [2.24, 2.45) is 0 Å². The standard InChI is InChI=1S/C13H16ClNO2/c1-9(16)3-4-10(2)17-12-6-5-11(8-15)13(14)7-12/h5-7,9-10,16H,3-4H2,1-2H3/t9-,10-/m1/s1. The van der Waals surface area contributed by atoms with Crippen molar-refractivity contribution in [1.82, 2.24) is 0 Å². The third-order valence-corrected chi connectivity index (χ3v) is 2.70. The van der Waals surface area contributed by atoms with Gasteiger partial charge in [0.25, 0.3) is 0 Å². The van der Waals surface area contributed by atoms with E-state index in [-0.39, 0.29) is 12.2 Å². The molecule has 1 N–H and O–H groups in total. The Morgan fingerprint density at radius 1 is 1.41 bits per heavy atom. The fourth-order valence-electron chi connectivity index (χ4n) is 1.43. The van der Waals surface area contributed by atoms with E-state index in [2.05, 4.69) is 0 Å². The Labute approximate surface area is 107 Å².